The van der Waals surface area contributed by atoms with Gasteiger partial charge in [0.15, 0.2) is 6.29 Å². The Labute approximate surface area is 258 Å². The molecule has 0 saturated carbocycles. The number of fused-ring (bicyclic) bond motifs is 1. The second-order valence-electron chi connectivity index (χ2n) is 11.4. The molecule has 0 aliphatic carbocycles. The molecule has 1 N–H and O–H groups in total. The molecule has 0 unspecified atom stereocenters. The number of aliphatic hydroxyl groups is 1. The Morgan fingerprint density at radius 3 is 2.20 bits per heavy atom. The molecule has 0 bridgehead atoms. The highest BCUT2D eigenvalue weighted by atomic mass is 16.7. The fourth-order valence-corrected chi connectivity index (χ4v) is 5.95. The van der Waals surface area contributed by atoms with Crippen molar-refractivity contribution in [1.82, 2.24) is 9.80 Å². The lowest BCUT2D eigenvalue weighted by Crippen LogP contribution is -2.37. The Kier molecular flexibility index (Phi) is 8.82. The van der Waals surface area contributed by atoms with Gasteiger partial charge in [-0.1, -0.05) is 78.9 Å². The van der Waals surface area contributed by atoms with Crippen LogP contribution in [0.4, 0.5) is 0 Å². The van der Waals surface area contributed by atoms with Crippen molar-refractivity contribution in [3.63, 3.8) is 0 Å². The molecule has 7 heteroatoms. The van der Waals surface area contributed by atoms with Gasteiger partial charge in [0, 0.05) is 25.1 Å². The van der Waals surface area contributed by atoms with E-state index in [2.05, 4.69) is 24.6 Å². The number of amides is 2. The summed E-state index contributed by atoms with van der Waals surface area (Å²) >= 11 is 0. The predicted octanol–water partition coefficient (Wildman–Crippen LogP) is 6.31. The summed E-state index contributed by atoms with van der Waals surface area (Å²) in [7, 11) is 2.05. The summed E-state index contributed by atoms with van der Waals surface area (Å²) in [5.41, 5.74) is 6.52. The number of carbonyl (C=O) groups is 2. The van der Waals surface area contributed by atoms with Crippen molar-refractivity contribution in [2.45, 2.75) is 38.1 Å². The number of ether oxygens (including phenoxy) is 2. The van der Waals surface area contributed by atoms with E-state index in [1.807, 2.05) is 72.8 Å². The van der Waals surface area contributed by atoms with Crippen LogP contribution < -0.4 is 0 Å². The number of hydrogen-bond donors (Lipinski definition) is 1. The topological polar surface area (TPSA) is 79.3 Å². The average Bonchev–Trinajstić information content (AvgIpc) is 3.29. The Morgan fingerprint density at radius 2 is 1.52 bits per heavy atom. The second kappa shape index (κ2) is 13.1. The number of nitrogens with zero attached hydrogens (tertiary/aromatic N) is 2. The van der Waals surface area contributed by atoms with Crippen LogP contribution in [0.3, 0.4) is 0 Å². The van der Waals surface area contributed by atoms with Crippen molar-refractivity contribution in [1.29, 1.82) is 0 Å². The highest BCUT2D eigenvalue weighted by Crippen LogP contribution is 2.39. The lowest BCUT2D eigenvalue weighted by molar-refractivity contribution is -0.252. The molecule has 2 amide bonds. The van der Waals surface area contributed by atoms with E-state index in [-0.39, 0.29) is 37.2 Å². The molecule has 0 spiro atoms. The first kappa shape index (κ1) is 29.7. The second-order valence-corrected chi connectivity index (χ2v) is 11.4. The number of aliphatic hydroxyl groups excluding tert-OH is 1. The smallest absolute Gasteiger partial charge is 0.261 e. The van der Waals surface area contributed by atoms with Gasteiger partial charge in [-0.2, -0.15) is 0 Å². The van der Waals surface area contributed by atoms with Crippen molar-refractivity contribution in [2.75, 3.05) is 20.1 Å². The molecular formula is C37H36N2O5. The third-order valence-corrected chi connectivity index (χ3v) is 8.21. The number of benzene rings is 4. The van der Waals surface area contributed by atoms with Gasteiger partial charge in [0.1, 0.15) is 0 Å². The van der Waals surface area contributed by atoms with Crippen LogP contribution in [-0.2, 0) is 22.6 Å². The largest absolute Gasteiger partial charge is 0.392 e. The standard InChI is InChI=1S/C37H36N2O5/c1-3-18-38(2)23-31-21-34(27-16-14-25(24-40)15-17-27)44-37(43-31)30-11-7-10-29(20-30)28-9-6-8-26(19-28)22-39-35(41)32-12-4-5-13-33(32)36(39)42/h3-17,19-20,31,34,37,40H,1,18,21-24H2,2H3/t31-,34+,37+/m1/s1. The minimum atomic E-state index is -0.574. The highest BCUT2D eigenvalue weighted by Gasteiger charge is 2.35. The third kappa shape index (κ3) is 6.27. The number of carbonyl (C=O) groups excluding carboxylic acids is 2. The van der Waals surface area contributed by atoms with Crippen molar-refractivity contribution >= 4 is 11.8 Å². The van der Waals surface area contributed by atoms with Gasteiger partial charge in [-0.3, -0.25) is 14.5 Å². The molecule has 224 valence electrons. The number of rotatable bonds is 10. The van der Waals surface area contributed by atoms with Gasteiger partial charge in [0.25, 0.3) is 11.8 Å². The van der Waals surface area contributed by atoms with Crippen LogP contribution in [0.15, 0.2) is 110 Å². The zero-order valence-electron chi connectivity index (χ0n) is 24.8. The number of likely N-dealkylation sites (N-methyl/N-ethyl adjacent to an activating group) is 1. The lowest BCUT2D eigenvalue weighted by atomic mass is 9.98. The number of hydrogen-bond acceptors (Lipinski definition) is 6. The summed E-state index contributed by atoms with van der Waals surface area (Å²) < 4.78 is 13.1. The monoisotopic (exact) mass is 588 g/mol. The molecule has 2 aliphatic heterocycles. The Bertz CT molecular complexity index is 1630. The number of imide groups is 1. The van der Waals surface area contributed by atoms with E-state index in [4.69, 9.17) is 9.47 Å². The molecule has 4 aromatic rings. The van der Waals surface area contributed by atoms with Gasteiger partial charge in [-0.05, 0) is 59.1 Å². The summed E-state index contributed by atoms with van der Waals surface area (Å²) in [5.74, 6) is -0.531. The van der Waals surface area contributed by atoms with Crippen molar-refractivity contribution in [2.24, 2.45) is 0 Å². The Morgan fingerprint density at radius 1 is 0.841 bits per heavy atom. The van der Waals surface area contributed by atoms with Crippen LogP contribution in [0, 0.1) is 0 Å². The SMILES string of the molecule is C=CCN(C)C[C@H]1C[C@@H](c2ccc(CO)cc2)O[C@@H](c2cccc(-c3cccc(CN4C(=O)c5ccccc5C4=O)c3)c2)O1. The Hall–Kier alpha value is -4.40. The maximum Gasteiger partial charge on any atom is 0.261 e. The molecule has 2 aliphatic rings. The van der Waals surface area contributed by atoms with E-state index >= 15 is 0 Å². The summed E-state index contributed by atoms with van der Waals surface area (Å²) in [6.07, 6.45) is 1.78. The lowest BCUT2D eigenvalue weighted by Gasteiger charge is -2.37. The quantitative estimate of drug-likeness (QED) is 0.173. The Balaban J connectivity index is 1.23. The van der Waals surface area contributed by atoms with Gasteiger partial charge in [0.05, 0.1) is 36.5 Å². The van der Waals surface area contributed by atoms with Gasteiger partial charge in [-0.25, -0.2) is 0 Å². The van der Waals surface area contributed by atoms with Gasteiger partial charge < -0.3 is 19.5 Å². The molecule has 1 fully saturated rings. The minimum absolute atomic E-state index is 0.00119. The van der Waals surface area contributed by atoms with Crippen LogP contribution >= 0.6 is 0 Å². The first-order valence-electron chi connectivity index (χ1n) is 14.9. The van der Waals surface area contributed by atoms with Crippen LogP contribution in [-0.4, -0.2) is 53.0 Å². The van der Waals surface area contributed by atoms with Crippen LogP contribution in [0.2, 0.25) is 0 Å². The molecule has 3 atom stereocenters. The predicted molar refractivity (Wildman–Crippen MR) is 169 cm³/mol. The maximum atomic E-state index is 12.9. The fourth-order valence-electron chi connectivity index (χ4n) is 5.95. The molecule has 0 radical (unpaired) electrons. The van der Waals surface area contributed by atoms with E-state index < -0.39 is 6.29 Å². The zero-order valence-corrected chi connectivity index (χ0v) is 24.8. The van der Waals surface area contributed by atoms with Gasteiger partial charge in [0.2, 0.25) is 0 Å². The third-order valence-electron chi connectivity index (χ3n) is 8.21. The summed E-state index contributed by atoms with van der Waals surface area (Å²) in [6.45, 7) is 5.55. The molecule has 7 nitrogen and oxygen atoms in total. The van der Waals surface area contributed by atoms with Crippen molar-refractivity contribution in [3.05, 3.63) is 143 Å². The normalized spacial score (nSPS) is 19.8. The molecule has 6 rings (SSSR count). The van der Waals surface area contributed by atoms with Crippen molar-refractivity contribution in [3.8, 4) is 11.1 Å². The molecule has 1 saturated heterocycles. The first-order chi connectivity index (χ1) is 21.4. The fraction of sp³-hybridized carbons (Fsp3) is 0.243. The highest BCUT2D eigenvalue weighted by molar-refractivity contribution is 6.21. The van der Waals surface area contributed by atoms with E-state index in [1.165, 1.54) is 4.90 Å². The van der Waals surface area contributed by atoms with E-state index in [0.717, 1.165) is 46.5 Å². The van der Waals surface area contributed by atoms with E-state index in [1.54, 1.807) is 24.3 Å². The van der Waals surface area contributed by atoms with Crippen LogP contribution in [0.5, 0.6) is 0 Å². The van der Waals surface area contributed by atoms with Crippen LogP contribution in [0.1, 0.15) is 61.8 Å². The molecule has 2 heterocycles. The van der Waals surface area contributed by atoms with E-state index in [0.29, 0.717) is 17.5 Å². The maximum absolute atomic E-state index is 12.9. The van der Waals surface area contributed by atoms with E-state index in [9.17, 15) is 14.7 Å². The summed E-state index contributed by atoms with van der Waals surface area (Å²) in [4.78, 5) is 29.4. The first-order valence-corrected chi connectivity index (χ1v) is 14.9. The molecular weight excluding hydrogens is 552 g/mol. The van der Waals surface area contributed by atoms with Gasteiger partial charge >= 0.3 is 0 Å². The van der Waals surface area contributed by atoms with Crippen molar-refractivity contribution < 1.29 is 24.2 Å². The molecule has 0 aromatic heterocycles. The average molecular weight is 589 g/mol. The zero-order chi connectivity index (χ0) is 30.6. The molecule has 4 aromatic carbocycles. The van der Waals surface area contributed by atoms with Gasteiger partial charge in [-0.15, -0.1) is 6.58 Å². The molecule has 44 heavy (non-hydrogen) atoms. The minimum Gasteiger partial charge on any atom is -0.392 e. The van der Waals surface area contributed by atoms with Crippen LogP contribution in [0.25, 0.3) is 11.1 Å². The summed E-state index contributed by atoms with van der Waals surface area (Å²) in [6, 6.07) is 30.9. The summed E-state index contributed by atoms with van der Waals surface area (Å²) in [5, 5.41) is 9.49.